The Balaban J connectivity index is 1.89. The highest BCUT2D eigenvalue weighted by Crippen LogP contribution is 2.15. The molecule has 0 unspecified atom stereocenters. The van der Waals surface area contributed by atoms with Crippen LogP contribution in [0.1, 0.15) is 61.9 Å². The van der Waals surface area contributed by atoms with E-state index in [2.05, 4.69) is 17.6 Å². The number of ether oxygens (including phenoxy) is 1. The predicted octanol–water partition coefficient (Wildman–Crippen LogP) is 4.43. The van der Waals surface area contributed by atoms with Gasteiger partial charge in [-0.15, -0.1) is 0 Å². The molecular formula is C27H37N3O4. The molecule has 0 aromatic heterocycles. The number of hydrogen-bond acceptors (Lipinski definition) is 4. The number of nitrogens with one attached hydrogen (secondary N) is 2. The first-order chi connectivity index (χ1) is 16.5. The Bertz CT molecular complexity index is 910. The predicted molar refractivity (Wildman–Crippen MR) is 135 cm³/mol. The van der Waals surface area contributed by atoms with Gasteiger partial charge in [-0.2, -0.15) is 0 Å². The Kier molecular flexibility index (Phi) is 11.7. The minimum atomic E-state index is -0.370. The second kappa shape index (κ2) is 14.7. The van der Waals surface area contributed by atoms with E-state index < -0.39 is 0 Å². The summed E-state index contributed by atoms with van der Waals surface area (Å²) in [5.74, 6) is -0.199. The van der Waals surface area contributed by atoms with Crippen molar-refractivity contribution in [1.82, 2.24) is 10.2 Å². The molecular weight excluding hydrogens is 430 g/mol. The van der Waals surface area contributed by atoms with Gasteiger partial charge in [-0.25, -0.2) is 0 Å². The lowest BCUT2D eigenvalue weighted by Gasteiger charge is -2.22. The number of rotatable bonds is 14. The van der Waals surface area contributed by atoms with Crippen molar-refractivity contribution in [2.45, 2.75) is 52.4 Å². The summed E-state index contributed by atoms with van der Waals surface area (Å²) in [7, 11) is 1.57. The summed E-state index contributed by atoms with van der Waals surface area (Å²) in [6.45, 7) is 4.44. The number of unbranched alkanes of at least 4 members (excludes halogenated alkanes) is 3. The molecule has 2 aromatic rings. The van der Waals surface area contributed by atoms with Crippen LogP contribution in [0, 0.1) is 0 Å². The molecule has 0 saturated carbocycles. The summed E-state index contributed by atoms with van der Waals surface area (Å²) in [4.78, 5) is 39.3. The number of methoxy groups -OCH3 is 1. The fraction of sp³-hybridized carbons (Fsp3) is 0.444. The normalized spacial score (nSPS) is 10.4. The second-order valence-corrected chi connectivity index (χ2v) is 8.29. The summed E-state index contributed by atoms with van der Waals surface area (Å²) in [6.07, 6.45) is 6.21. The number of carbonyl (C=O) groups excluding carboxylic acids is 3. The van der Waals surface area contributed by atoms with Crippen LogP contribution in [-0.2, 0) is 16.0 Å². The van der Waals surface area contributed by atoms with Crippen molar-refractivity contribution in [3.05, 3.63) is 59.7 Å². The lowest BCUT2D eigenvalue weighted by molar-refractivity contribution is -0.124. The lowest BCUT2D eigenvalue weighted by Crippen LogP contribution is -2.43. The molecule has 0 bridgehead atoms. The summed E-state index contributed by atoms with van der Waals surface area (Å²) in [5, 5.41) is 5.33. The van der Waals surface area contributed by atoms with Crippen LogP contribution in [0.2, 0.25) is 0 Å². The highest BCUT2D eigenvalue weighted by atomic mass is 16.5. The first-order valence-electron chi connectivity index (χ1n) is 12.1. The molecule has 0 fully saturated rings. The number of anilines is 1. The third kappa shape index (κ3) is 9.25. The van der Waals surface area contributed by atoms with Crippen LogP contribution in [-0.4, -0.2) is 49.4 Å². The van der Waals surface area contributed by atoms with Crippen LogP contribution in [0.5, 0.6) is 5.75 Å². The molecule has 3 amide bonds. The molecule has 184 valence electrons. The van der Waals surface area contributed by atoms with Crippen LogP contribution >= 0.6 is 0 Å². The molecule has 0 aliphatic carbocycles. The van der Waals surface area contributed by atoms with Crippen molar-refractivity contribution in [2.24, 2.45) is 0 Å². The van der Waals surface area contributed by atoms with E-state index in [1.807, 2.05) is 31.2 Å². The van der Waals surface area contributed by atoms with E-state index in [1.165, 1.54) is 18.4 Å². The first-order valence-corrected chi connectivity index (χ1v) is 12.1. The van der Waals surface area contributed by atoms with Crippen molar-refractivity contribution in [3.63, 3.8) is 0 Å². The van der Waals surface area contributed by atoms with Gasteiger partial charge in [0.1, 0.15) is 5.75 Å². The third-order valence-corrected chi connectivity index (χ3v) is 5.49. The minimum absolute atomic E-state index is 0.0904. The molecule has 2 aromatic carbocycles. The Morgan fingerprint density at radius 3 is 2.15 bits per heavy atom. The van der Waals surface area contributed by atoms with Gasteiger partial charge in [0.05, 0.1) is 20.2 Å². The average molecular weight is 468 g/mol. The number of carbonyl (C=O) groups is 3. The number of hydrogen-bond donors (Lipinski definition) is 2. The quantitative estimate of drug-likeness (QED) is 0.403. The number of nitrogens with zero attached hydrogens (tertiary/aromatic N) is 1. The van der Waals surface area contributed by atoms with Crippen molar-refractivity contribution >= 4 is 23.4 Å². The average Bonchev–Trinajstić information content (AvgIpc) is 2.86. The molecule has 7 nitrogen and oxygen atoms in total. The molecule has 34 heavy (non-hydrogen) atoms. The summed E-state index contributed by atoms with van der Waals surface area (Å²) < 4.78 is 5.09. The molecule has 0 radical (unpaired) electrons. The molecule has 2 rings (SSSR count). The van der Waals surface area contributed by atoms with E-state index in [4.69, 9.17) is 4.74 Å². The maximum absolute atomic E-state index is 13.0. The Morgan fingerprint density at radius 2 is 1.53 bits per heavy atom. The number of benzene rings is 2. The fourth-order valence-corrected chi connectivity index (χ4v) is 3.46. The molecule has 0 aliphatic rings. The Morgan fingerprint density at radius 1 is 0.853 bits per heavy atom. The molecule has 2 N–H and O–H groups in total. The monoisotopic (exact) mass is 467 g/mol. The van der Waals surface area contributed by atoms with E-state index in [-0.39, 0.29) is 30.8 Å². The van der Waals surface area contributed by atoms with Crippen LogP contribution in [0.3, 0.4) is 0 Å². The van der Waals surface area contributed by atoms with Gasteiger partial charge in [0, 0.05) is 17.8 Å². The van der Waals surface area contributed by atoms with Crippen molar-refractivity contribution in [2.75, 3.05) is 32.1 Å². The Hall–Kier alpha value is -3.35. The number of amides is 3. The zero-order valence-electron chi connectivity index (χ0n) is 20.6. The zero-order chi connectivity index (χ0) is 24.8. The third-order valence-electron chi connectivity index (χ3n) is 5.49. The van der Waals surface area contributed by atoms with E-state index >= 15 is 0 Å². The van der Waals surface area contributed by atoms with E-state index in [0.717, 1.165) is 25.7 Å². The highest BCUT2D eigenvalue weighted by Gasteiger charge is 2.19. The molecule has 7 heteroatoms. The molecule has 0 atom stereocenters. The van der Waals surface area contributed by atoms with Crippen LogP contribution < -0.4 is 15.4 Å². The van der Waals surface area contributed by atoms with E-state index in [0.29, 0.717) is 23.5 Å². The largest absolute Gasteiger partial charge is 0.497 e. The van der Waals surface area contributed by atoms with Gasteiger partial charge in [-0.1, -0.05) is 45.2 Å². The standard InChI is InChI=1S/C27H37N3O4/c1-4-6-8-9-21-10-12-22(13-11-21)27(33)30(18-7-5-2)20-26(32)28-19-25(31)29-23-14-16-24(34-3)17-15-23/h10-17H,4-9,18-20H2,1-3H3,(H,28,32)(H,29,31). The van der Waals surface area contributed by atoms with E-state index in [1.54, 1.807) is 36.3 Å². The molecule has 0 spiro atoms. The van der Waals surface area contributed by atoms with Crippen molar-refractivity contribution in [1.29, 1.82) is 0 Å². The summed E-state index contributed by atoms with van der Waals surface area (Å²) in [5.41, 5.74) is 2.39. The summed E-state index contributed by atoms with van der Waals surface area (Å²) >= 11 is 0. The van der Waals surface area contributed by atoms with E-state index in [9.17, 15) is 14.4 Å². The SMILES string of the molecule is CCCCCc1ccc(C(=O)N(CCCC)CC(=O)NCC(=O)Nc2ccc(OC)cc2)cc1. The fourth-order valence-electron chi connectivity index (χ4n) is 3.46. The Labute approximate surface area is 202 Å². The van der Waals surface area contributed by atoms with Gasteiger partial charge < -0.3 is 20.3 Å². The molecule has 0 saturated heterocycles. The van der Waals surface area contributed by atoms with Gasteiger partial charge in [0.25, 0.3) is 5.91 Å². The van der Waals surface area contributed by atoms with Crippen LogP contribution in [0.4, 0.5) is 5.69 Å². The van der Waals surface area contributed by atoms with Crippen molar-refractivity contribution < 1.29 is 19.1 Å². The minimum Gasteiger partial charge on any atom is -0.497 e. The molecule has 0 heterocycles. The smallest absolute Gasteiger partial charge is 0.254 e. The van der Waals surface area contributed by atoms with Gasteiger partial charge in [-0.05, 0) is 61.2 Å². The summed E-state index contributed by atoms with van der Waals surface area (Å²) in [6, 6.07) is 14.6. The topological polar surface area (TPSA) is 87.7 Å². The van der Waals surface area contributed by atoms with Gasteiger partial charge >= 0.3 is 0 Å². The lowest BCUT2D eigenvalue weighted by atomic mass is 10.0. The van der Waals surface area contributed by atoms with Gasteiger partial charge in [0.2, 0.25) is 11.8 Å². The molecule has 0 aliphatic heterocycles. The van der Waals surface area contributed by atoms with Gasteiger partial charge in [-0.3, -0.25) is 14.4 Å². The maximum Gasteiger partial charge on any atom is 0.254 e. The first kappa shape index (κ1) is 26.9. The maximum atomic E-state index is 13.0. The van der Waals surface area contributed by atoms with Gasteiger partial charge in [0.15, 0.2) is 0 Å². The van der Waals surface area contributed by atoms with Crippen LogP contribution in [0.25, 0.3) is 0 Å². The highest BCUT2D eigenvalue weighted by molar-refractivity contribution is 5.98. The van der Waals surface area contributed by atoms with Crippen molar-refractivity contribution in [3.8, 4) is 5.75 Å². The number of aryl methyl sites for hydroxylation is 1. The van der Waals surface area contributed by atoms with Crippen LogP contribution in [0.15, 0.2) is 48.5 Å². The zero-order valence-corrected chi connectivity index (χ0v) is 20.6. The second-order valence-electron chi connectivity index (χ2n) is 8.29.